The fourth-order valence-corrected chi connectivity index (χ4v) is 1.49. The van der Waals surface area contributed by atoms with Gasteiger partial charge in [0.05, 0.1) is 6.26 Å². The van der Waals surface area contributed by atoms with Crippen molar-refractivity contribution in [1.82, 2.24) is 10.3 Å². The van der Waals surface area contributed by atoms with E-state index in [-0.39, 0.29) is 5.91 Å². The predicted molar refractivity (Wildman–Crippen MR) is 64.1 cm³/mol. The van der Waals surface area contributed by atoms with Gasteiger partial charge in [-0.25, -0.2) is 0 Å². The molecule has 0 aliphatic heterocycles. The molecule has 0 aliphatic carbocycles. The molecule has 2 rings (SSSR count). The Kier molecular flexibility index (Phi) is 3.55. The van der Waals surface area contributed by atoms with Gasteiger partial charge in [-0.15, -0.1) is 0 Å². The first kappa shape index (κ1) is 11.4. The lowest BCUT2D eigenvalue weighted by molar-refractivity contribution is -0.120. The third-order valence-corrected chi connectivity index (χ3v) is 2.41. The van der Waals surface area contributed by atoms with Gasteiger partial charge in [0.2, 0.25) is 5.91 Å². The van der Waals surface area contributed by atoms with Crippen molar-refractivity contribution in [3.05, 3.63) is 42.4 Å². The normalized spacial score (nSPS) is 10.2. The van der Waals surface area contributed by atoms with Gasteiger partial charge in [0.25, 0.3) is 0 Å². The van der Waals surface area contributed by atoms with Gasteiger partial charge in [0, 0.05) is 30.9 Å². The van der Waals surface area contributed by atoms with Crippen LogP contribution in [0.15, 0.2) is 41.3 Å². The van der Waals surface area contributed by atoms with Crippen molar-refractivity contribution in [2.45, 2.75) is 19.9 Å². The summed E-state index contributed by atoms with van der Waals surface area (Å²) < 4.78 is 5.29. The zero-order valence-electron chi connectivity index (χ0n) is 9.64. The van der Waals surface area contributed by atoms with Crippen molar-refractivity contribution < 1.29 is 9.21 Å². The van der Waals surface area contributed by atoms with Gasteiger partial charge in [0.15, 0.2) is 0 Å². The summed E-state index contributed by atoms with van der Waals surface area (Å²) in [7, 11) is 0. The Hall–Kier alpha value is -2.10. The lowest BCUT2D eigenvalue weighted by Gasteiger charge is -2.04. The van der Waals surface area contributed by atoms with Gasteiger partial charge >= 0.3 is 0 Å². The van der Waals surface area contributed by atoms with Gasteiger partial charge in [0.1, 0.15) is 5.76 Å². The summed E-state index contributed by atoms with van der Waals surface area (Å²) in [6.07, 6.45) is 5.60. The molecule has 0 aromatic carbocycles. The fraction of sp³-hybridized carbons (Fsp3) is 0.231. The van der Waals surface area contributed by atoms with Gasteiger partial charge < -0.3 is 9.73 Å². The number of carbonyl (C=O) groups is 1. The lowest BCUT2D eigenvalue weighted by atomic mass is 10.1. The molecule has 0 bridgehead atoms. The van der Waals surface area contributed by atoms with E-state index in [1.165, 1.54) is 0 Å². The second-order valence-electron chi connectivity index (χ2n) is 3.69. The van der Waals surface area contributed by atoms with E-state index < -0.39 is 0 Å². The highest BCUT2D eigenvalue weighted by atomic mass is 16.3. The number of aromatic nitrogens is 1. The molecular formula is C13H14N2O2. The minimum absolute atomic E-state index is 0.0356. The highest BCUT2D eigenvalue weighted by Crippen LogP contribution is 2.19. The molecular weight excluding hydrogens is 216 g/mol. The predicted octanol–water partition coefficient (Wildman–Crippen LogP) is 2.37. The zero-order chi connectivity index (χ0) is 12.1. The zero-order valence-corrected chi connectivity index (χ0v) is 9.64. The Morgan fingerprint density at radius 1 is 1.47 bits per heavy atom. The van der Waals surface area contributed by atoms with Crippen LogP contribution in [0.3, 0.4) is 0 Å². The number of furan rings is 1. The van der Waals surface area contributed by atoms with E-state index in [9.17, 15) is 4.79 Å². The first-order valence-electron chi connectivity index (χ1n) is 5.54. The van der Waals surface area contributed by atoms with E-state index in [1.807, 2.05) is 25.1 Å². The lowest BCUT2D eigenvalue weighted by Crippen LogP contribution is -2.21. The van der Waals surface area contributed by atoms with Crippen LogP contribution in [0.5, 0.6) is 0 Å². The molecule has 88 valence electrons. The molecule has 17 heavy (non-hydrogen) atoms. The molecule has 1 N–H and O–H groups in total. The topological polar surface area (TPSA) is 55.1 Å². The number of nitrogens with zero attached hydrogens (tertiary/aromatic N) is 1. The molecule has 0 spiro atoms. The Labute approximate surface area is 99.7 Å². The molecule has 2 heterocycles. The van der Waals surface area contributed by atoms with E-state index in [0.717, 1.165) is 16.9 Å². The maximum atomic E-state index is 11.1. The van der Waals surface area contributed by atoms with E-state index in [4.69, 9.17) is 4.42 Å². The van der Waals surface area contributed by atoms with Gasteiger partial charge in [-0.1, -0.05) is 6.92 Å². The highest BCUT2D eigenvalue weighted by Gasteiger charge is 2.03. The summed E-state index contributed by atoms with van der Waals surface area (Å²) in [5.74, 6) is 0.814. The largest absolute Gasteiger partial charge is 0.464 e. The first-order valence-corrected chi connectivity index (χ1v) is 5.54. The van der Waals surface area contributed by atoms with E-state index in [2.05, 4.69) is 10.3 Å². The molecule has 0 saturated carbocycles. The van der Waals surface area contributed by atoms with Crippen LogP contribution in [-0.2, 0) is 11.3 Å². The van der Waals surface area contributed by atoms with Crippen LogP contribution in [-0.4, -0.2) is 10.9 Å². The smallest absolute Gasteiger partial charge is 0.219 e. The highest BCUT2D eigenvalue weighted by molar-refractivity contribution is 5.75. The summed E-state index contributed by atoms with van der Waals surface area (Å²) in [5.41, 5.74) is 1.87. The number of hydrogen-bond donors (Lipinski definition) is 1. The summed E-state index contributed by atoms with van der Waals surface area (Å²) in [5, 5.41) is 2.81. The van der Waals surface area contributed by atoms with Gasteiger partial charge in [-0.05, 0) is 23.8 Å². The second kappa shape index (κ2) is 5.30. The minimum Gasteiger partial charge on any atom is -0.464 e. The number of hydrogen-bond acceptors (Lipinski definition) is 3. The number of pyridine rings is 1. The number of nitrogens with one attached hydrogen (secondary N) is 1. The SMILES string of the molecule is CCC(=O)NCc1cncc(-c2ccco2)c1. The maximum absolute atomic E-state index is 11.1. The van der Waals surface area contributed by atoms with E-state index in [1.54, 1.807) is 18.7 Å². The van der Waals surface area contributed by atoms with E-state index in [0.29, 0.717) is 13.0 Å². The summed E-state index contributed by atoms with van der Waals surface area (Å²) in [4.78, 5) is 15.3. The molecule has 0 fully saturated rings. The molecule has 1 amide bonds. The molecule has 2 aromatic heterocycles. The third-order valence-electron chi connectivity index (χ3n) is 2.41. The number of carbonyl (C=O) groups excluding carboxylic acids is 1. The average Bonchev–Trinajstić information content (AvgIpc) is 2.90. The fourth-order valence-electron chi connectivity index (χ4n) is 1.49. The quantitative estimate of drug-likeness (QED) is 0.877. The molecule has 0 unspecified atom stereocenters. The summed E-state index contributed by atoms with van der Waals surface area (Å²) >= 11 is 0. The van der Waals surface area contributed by atoms with Crippen LogP contribution in [0.25, 0.3) is 11.3 Å². The molecule has 4 heteroatoms. The first-order chi connectivity index (χ1) is 8.29. The van der Waals surface area contributed by atoms with Crippen molar-refractivity contribution in [2.75, 3.05) is 0 Å². The molecule has 0 atom stereocenters. The summed E-state index contributed by atoms with van der Waals surface area (Å²) in [6.45, 7) is 2.32. The number of amides is 1. The van der Waals surface area contributed by atoms with Crippen LogP contribution in [0.2, 0.25) is 0 Å². The minimum atomic E-state index is 0.0356. The van der Waals surface area contributed by atoms with Crippen molar-refractivity contribution in [2.24, 2.45) is 0 Å². The van der Waals surface area contributed by atoms with Crippen molar-refractivity contribution in [3.63, 3.8) is 0 Å². The van der Waals surface area contributed by atoms with Gasteiger partial charge in [-0.2, -0.15) is 0 Å². The van der Waals surface area contributed by atoms with Crippen molar-refractivity contribution in [1.29, 1.82) is 0 Å². The van der Waals surface area contributed by atoms with Crippen LogP contribution in [0, 0.1) is 0 Å². The Balaban J connectivity index is 2.09. The monoisotopic (exact) mass is 230 g/mol. The molecule has 0 aliphatic rings. The maximum Gasteiger partial charge on any atom is 0.219 e. The van der Waals surface area contributed by atoms with E-state index >= 15 is 0 Å². The van der Waals surface area contributed by atoms with Gasteiger partial charge in [-0.3, -0.25) is 9.78 Å². The van der Waals surface area contributed by atoms with Crippen LogP contribution in [0.1, 0.15) is 18.9 Å². The molecule has 0 radical (unpaired) electrons. The Morgan fingerprint density at radius 2 is 2.35 bits per heavy atom. The summed E-state index contributed by atoms with van der Waals surface area (Å²) in [6, 6.07) is 5.67. The third kappa shape index (κ3) is 2.93. The van der Waals surface area contributed by atoms with Crippen LogP contribution in [0.4, 0.5) is 0 Å². The molecule has 0 saturated heterocycles. The van der Waals surface area contributed by atoms with Crippen LogP contribution >= 0.6 is 0 Å². The van der Waals surface area contributed by atoms with Crippen molar-refractivity contribution in [3.8, 4) is 11.3 Å². The molecule has 2 aromatic rings. The average molecular weight is 230 g/mol. The second-order valence-corrected chi connectivity index (χ2v) is 3.69. The molecule has 4 nitrogen and oxygen atoms in total. The Bertz CT molecular complexity index is 492. The van der Waals surface area contributed by atoms with Crippen LogP contribution < -0.4 is 5.32 Å². The standard InChI is InChI=1S/C13H14N2O2/c1-2-13(16)15-8-10-6-11(9-14-7-10)12-4-3-5-17-12/h3-7,9H,2,8H2,1H3,(H,15,16). The van der Waals surface area contributed by atoms with Crippen molar-refractivity contribution >= 4 is 5.91 Å². The number of rotatable bonds is 4. The Morgan fingerprint density at radius 3 is 3.06 bits per heavy atom.